The van der Waals surface area contributed by atoms with Crippen molar-refractivity contribution in [2.24, 2.45) is 11.8 Å². The molecule has 2 aliphatic rings. The Labute approximate surface area is 109 Å². The van der Waals surface area contributed by atoms with Crippen molar-refractivity contribution in [3.8, 4) is 0 Å². The van der Waals surface area contributed by atoms with Gasteiger partial charge >= 0.3 is 5.97 Å². The number of carbonyl (C=O) groups excluding carboxylic acids is 2. The van der Waals surface area contributed by atoms with E-state index in [-0.39, 0.29) is 34.9 Å². The summed E-state index contributed by atoms with van der Waals surface area (Å²) in [6.45, 7) is 0. The van der Waals surface area contributed by atoms with Crippen LogP contribution in [0.4, 0.5) is 5.69 Å². The molecule has 0 radical (unpaired) electrons. The summed E-state index contributed by atoms with van der Waals surface area (Å²) in [5.74, 6) is -2.32. The third-order valence-corrected chi connectivity index (χ3v) is 3.86. The van der Waals surface area contributed by atoms with E-state index in [0.29, 0.717) is 12.8 Å². The van der Waals surface area contributed by atoms with Crippen molar-refractivity contribution in [2.45, 2.75) is 19.3 Å². The maximum Gasteiger partial charge on any atom is 0.337 e. The van der Waals surface area contributed by atoms with E-state index >= 15 is 0 Å². The average molecular weight is 260 g/mol. The minimum atomic E-state index is -1.17. The fraction of sp³-hybridized carbons (Fsp3) is 0.385. The number of anilines is 1. The topological polar surface area (TPSA) is 87.6 Å². The molecule has 19 heavy (non-hydrogen) atoms. The number of nitrogens with zero attached hydrogens (tertiary/aromatic N) is 2. The lowest BCUT2D eigenvalue weighted by atomic mass is 10.00. The zero-order valence-corrected chi connectivity index (χ0v) is 10.1. The summed E-state index contributed by atoms with van der Waals surface area (Å²) in [6, 6.07) is 1.30. The van der Waals surface area contributed by atoms with Crippen LogP contribution in [-0.4, -0.2) is 27.9 Å². The number of carboxylic acid groups (broad SMARTS) is 1. The van der Waals surface area contributed by atoms with Gasteiger partial charge in [-0.25, -0.2) is 9.69 Å². The van der Waals surface area contributed by atoms with E-state index in [1.165, 1.54) is 18.5 Å². The molecule has 1 aromatic rings. The molecule has 2 fully saturated rings. The number of pyridine rings is 1. The molecule has 98 valence electrons. The van der Waals surface area contributed by atoms with Crippen LogP contribution in [0.25, 0.3) is 0 Å². The predicted octanol–water partition coefficient (Wildman–Crippen LogP) is 1.07. The second-order valence-electron chi connectivity index (χ2n) is 4.85. The molecule has 6 nitrogen and oxygen atoms in total. The highest BCUT2D eigenvalue weighted by atomic mass is 16.4. The highest BCUT2D eigenvalue weighted by Gasteiger charge is 2.50. The largest absolute Gasteiger partial charge is 0.478 e. The Morgan fingerprint density at radius 1 is 1.26 bits per heavy atom. The van der Waals surface area contributed by atoms with Gasteiger partial charge in [0.25, 0.3) is 0 Å². The lowest BCUT2D eigenvalue weighted by Gasteiger charge is -2.17. The summed E-state index contributed by atoms with van der Waals surface area (Å²) in [7, 11) is 0. The Morgan fingerprint density at radius 2 is 1.89 bits per heavy atom. The Balaban J connectivity index is 2.06. The zero-order valence-electron chi connectivity index (χ0n) is 10.1. The molecule has 2 atom stereocenters. The monoisotopic (exact) mass is 260 g/mol. The summed E-state index contributed by atoms with van der Waals surface area (Å²) in [6.07, 6.45) is 4.88. The zero-order chi connectivity index (χ0) is 13.6. The fourth-order valence-electron chi connectivity index (χ4n) is 2.97. The average Bonchev–Trinajstić information content (AvgIpc) is 2.95. The molecule has 1 saturated carbocycles. The number of hydrogen-bond donors (Lipinski definition) is 1. The van der Waals surface area contributed by atoms with Crippen LogP contribution in [-0.2, 0) is 9.59 Å². The molecule has 1 aromatic heterocycles. The van der Waals surface area contributed by atoms with Gasteiger partial charge < -0.3 is 5.11 Å². The van der Waals surface area contributed by atoms with Gasteiger partial charge in [-0.1, -0.05) is 6.42 Å². The maximum absolute atomic E-state index is 12.3. The van der Waals surface area contributed by atoms with E-state index in [1.54, 1.807) is 0 Å². The molecule has 1 aliphatic heterocycles. The molecule has 1 N–H and O–H groups in total. The first-order valence-corrected chi connectivity index (χ1v) is 6.16. The number of amides is 2. The van der Waals surface area contributed by atoms with Crippen LogP contribution in [0, 0.1) is 11.8 Å². The van der Waals surface area contributed by atoms with Crippen molar-refractivity contribution in [2.75, 3.05) is 4.90 Å². The number of carbonyl (C=O) groups is 3. The van der Waals surface area contributed by atoms with Crippen LogP contribution in [0.15, 0.2) is 18.5 Å². The van der Waals surface area contributed by atoms with Crippen molar-refractivity contribution in [1.29, 1.82) is 0 Å². The maximum atomic E-state index is 12.3. The number of aromatic nitrogens is 1. The van der Waals surface area contributed by atoms with Gasteiger partial charge in [-0.15, -0.1) is 0 Å². The Morgan fingerprint density at radius 3 is 2.47 bits per heavy atom. The van der Waals surface area contributed by atoms with Gasteiger partial charge in [0.15, 0.2) is 0 Å². The van der Waals surface area contributed by atoms with Crippen molar-refractivity contribution in [3.05, 3.63) is 24.0 Å². The summed E-state index contributed by atoms with van der Waals surface area (Å²) < 4.78 is 0. The number of imide groups is 1. The van der Waals surface area contributed by atoms with Crippen molar-refractivity contribution in [1.82, 2.24) is 4.98 Å². The van der Waals surface area contributed by atoms with Crippen molar-refractivity contribution in [3.63, 3.8) is 0 Å². The van der Waals surface area contributed by atoms with Crippen LogP contribution >= 0.6 is 0 Å². The Bertz CT molecular complexity index is 562. The number of hydrogen-bond acceptors (Lipinski definition) is 4. The van der Waals surface area contributed by atoms with E-state index in [9.17, 15) is 14.4 Å². The molecule has 2 heterocycles. The SMILES string of the molecule is O=C(O)c1ccncc1N1C(=O)C2CCCC2C1=O. The van der Waals surface area contributed by atoms with Crippen LogP contribution in [0.5, 0.6) is 0 Å². The third kappa shape index (κ3) is 1.63. The number of carboxylic acids is 1. The number of aromatic carboxylic acids is 1. The number of fused-ring (bicyclic) bond motifs is 1. The molecule has 1 saturated heterocycles. The van der Waals surface area contributed by atoms with Gasteiger partial charge in [0, 0.05) is 6.20 Å². The summed E-state index contributed by atoms with van der Waals surface area (Å²) in [5, 5.41) is 9.12. The first-order chi connectivity index (χ1) is 9.11. The highest BCUT2D eigenvalue weighted by Crippen LogP contribution is 2.42. The first-order valence-electron chi connectivity index (χ1n) is 6.16. The quantitative estimate of drug-likeness (QED) is 0.803. The molecule has 2 amide bonds. The lowest BCUT2D eigenvalue weighted by molar-refractivity contribution is -0.122. The summed E-state index contributed by atoms with van der Waals surface area (Å²) >= 11 is 0. The number of rotatable bonds is 2. The van der Waals surface area contributed by atoms with Gasteiger partial charge in [0.1, 0.15) is 0 Å². The highest BCUT2D eigenvalue weighted by molar-refractivity contribution is 6.23. The smallest absolute Gasteiger partial charge is 0.337 e. The first kappa shape index (κ1) is 11.8. The van der Waals surface area contributed by atoms with Gasteiger partial charge in [0.05, 0.1) is 29.3 Å². The summed E-state index contributed by atoms with van der Waals surface area (Å²) in [5.41, 5.74) is 0.0103. The Kier molecular flexibility index (Phi) is 2.58. The standard InChI is InChI=1S/C13H12N2O4/c16-11-7-2-1-3-8(7)12(17)15(11)10-6-14-5-4-9(10)13(18)19/h4-8H,1-3H2,(H,18,19). The van der Waals surface area contributed by atoms with Crippen LogP contribution in [0.3, 0.4) is 0 Å². The van der Waals surface area contributed by atoms with Crippen LogP contribution in [0.2, 0.25) is 0 Å². The molecule has 6 heteroatoms. The van der Waals surface area contributed by atoms with E-state index in [2.05, 4.69) is 4.98 Å². The van der Waals surface area contributed by atoms with Crippen LogP contribution < -0.4 is 4.90 Å². The van der Waals surface area contributed by atoms with Gasteiger partial charge in [0.2, 0.25) is 11.8 Å². The second-order valence-corrected chi connectivity index (χ2v) is 4.85. The van der Waals surface area contributed by atoms with E-state index in [4.69, 9.17) is 5.11 Å². The van der Waals surface area contributed by atoms with E-state index < -0.39 is 5.97 Å². The molecular weight excluding hydrogens is 248 g/mol. The summed E-state index contributed by atoms with van der Waals surface area (Å²) in [4.78, 5) is 40.5. The fourth-order valence-corrected chi connectivity index (χ4v) is 2.97. The van der Waals surface area contributed by atoms with Crippen LogP contribution in [0.1, 0.15) is 29.6 Å². The second kappa shape index (κ2) is 4.15. The van der Waals surface area contributed by atoms with Gasteiger partial charge in [-0.2, -0.15) is 0 Å². The van der Waals surface area contributed by atoms with Gasteiger partial charge in [-0.05, 0) is 18.9 Å². The third-order valence-electron chi connectivity index (χ3n) is 3.86. The minimum absolute atomic E-state index is 0.0725. The van der Waals surface area contributed by atoms with E-state index in [0.717, 1.165) is 11.3 Å². The van der Waals surface area contributed by atoms with Gasteiger partial charge in [-0.3, -0.25) is 14.6 Å². The molecule has 0 bridgehead atoms. The normalized spacial score (nSPS) is 25.8. The van der Waals surface area contributed by atoms with Crippen molar-refractivity contribution < 1.29 is 19.5 Å². The minimum Gasteiger partial charge on any atom is -0.478 e. The molecule has 0 spiro atoms. The molecule has 0 aromatic carbocycles. The van der Waals surface area contributed by atoms with Crippen molar-refractivity contribution >= 4 is 23.5 Å². The molecule has 1 aliphatic carbocycles. The lowest BCUT2D eigenvalue weighted by Crippen LogP contribution is -2.33. The van der Waals surface area contributed by atoms with E-state index in [1.807, 2.05) is 0 Å². The Hall–Kier alpha value is -2.24. The molecule has 2 unspecified atom stereocenters. The molecule has 3 rings (SSSR count). The molecular formula is C13H12N2O4. The predicted molar refractivity (Wildman–Crippen MR) is 64.5 cm³/mol.